The van der Waals surface area contributed by atoms with Gasteiger partial charge in [-0.2, -0.15) is 0 Å². The third-order valence-corrected chi connectivity index (χ3v) is 3.48. The first-order valence-corrected chi connectivity index (χ1v) is 7.56. The molecule has 1 unspecified atom stereocenters. The van der Waals surface area contributed by atoms with Crippen LogP contribution in [-0.2, 0) is 9.53 Å². The van der Waals surface area contributed by atoms with E-state index in [1.807, 2.05) is 6.07 Å². The molecule has 22 heavy (non-hydrogen) atoms. The summed E-state index contributed by atoms with van der Waals surface area (Å²) in [6.45, 7) is 1.46. The van der Waals surface area contributed by atoms with Gasteiger partial charge in [0.05, 0.1) is 5.56 Å². The number of halogens is 2. The Bertz CT molecular complexity index is 705. The van der Waals surface area contributed by atoms with Crippen molar-refractivity contribution in [3.63, 3.8) is 0 Å². The fourth-order valence-corrected chi connectivity index (χ4v) is 2.25. The summed E-state index contributed by atoms with van der Waals surface area (Å²) in [6.07, 6.45) is -0.992. The van der Waals surface area contributed by atoms with Gasteiger partial charge in [-0.25, -0.2) is 9.18 Å². The van der Waals surface area contributed by atoms with Crippen molar-refractivity contribution in [3.05, 3.63) is 63.5 Å². The molecular formula is C16H13FINO3. The fraction of sp³-hybridized carbons (Fsp3) is 0.125. The van der Waals surface area contributed by atoms with Gasteiger partial charge in [-0.05, 0) is 65.9 Å². The lowest BCUT2D eigenvalue weighted by molar-refractivity contribution is -0.123. The third-order valence-electron chi connectivity index (χ3n) is 2.81. The van der Waals surface area contributed by atoms with Crippen LogP contribution in [-0.4, -0.2) is 18.0 Å². The molecule has 2 aromatic carbocycles. The largest absolute Gasteiger partial charge is 0.449 e. The normalized spacial score (nSPS) is 11.6. The average Bonchev–Trinajstić information content (AvgIpc) is 2.47. The van der Waals surface area contributed by atoms with Gasteiger partial charge in [-0.1, -0.05) is 12.1 Å². The summed E-state index contributed by atoms with van der Waals surface area (Å²) in [5.74, 6) is -1.56. The van der Waals surface area contributed by atoms with Crippen LogP contribution in [0.25, 0.3) is 0 Å². The topological polar surface area (TPSA) is 55.4 Å². The molecule has 1 atom stereocenters. The monoisotopic (exact) mass is 413 g/mol. The van der Waals surface area contributed by atoms with E-state index in [0.717, 1.165) is 3.57 Å². The molecule has 2 rings (SSSR count). The van der Waals surface area contributed by atoms with Crippen molar-refractivity contribution in [3.8, 4) is 0 Å². The molecule has 1 amide bonds. The molecule has 0 aliphatic rings. The predicted octanol–water partition coefficient (Wildman–Crippen LogP) is 3.61. The van der Waals surface area contributed by atoms with Gasteiger partial charge in [0.1, 0.15) is 5.82 Å². The minimum atomic E-state index is -0.992. The first-order chi connectivity index (χ1) is 10.5. The van der Waals surface area contributed by atoms with Crippen molar-refractivity contribution >= 4 is 40.2 Å². The highest BCUT2D eigenvalue weighted by Gasteiger charge is 2.19. The molecule has 0 aliphatic carbocycles. The number of esters is 1. The number of rotatable bonds is 4. The van der Waals surface area contributed by atoms with Crippen LogP contribution in [0.1, 0.15) is 17.3 Å². The van der Waals surface area contributed by atoms with Crippen LogP contribution in [0, 0.1) is 9.39 Å². The summed E-state index contributed by atoms with van der Waals surface area (Å²) in [5.41, 5.74) is 0.680. The Balaban J connectivity index is 1.98. The summed E-state index contributed by atoms with van der Waals surface area (Å²) < 4.78 is 19.1. The molecule has 0 fully saturated rings. The predicted molar refractivity (Wildman–Crippen MR) is 89.1 cm³/mol. The fourth-order valence-electron chi connectivity index (χ4n) is 1.71. The molecule has 0 heterocycles. The lowest BCUT2D eigenvalue weighted by Gasteiger charge is -2.13. The minimum Gasteiger partial charge on any atom is -0.449 e. The van der Waals surface area contributed by atoms with Gasteiger partial charge in [-0.15, -0.1) is 0 Å². The van der Waals surface area contributed by atoms with Gasteiger partial charge in [0.25, 0.3) is 5.91 Å². The van der Waals surface area contributed by atoms with Gasteiger partial charge >= 0.3 is 5.97 Å². The van der Waals surface area contributed by atoms with E-state index in [0.29, 0.717) is 11.3 Å². The number of benzene rings is 2. The van der Waals surface area contributed by atoms with Crippen molar-refractivity contribution < 1.29 is 18.7 Å². The van der Waals surface area contributed by atoms with Crippen LogP contribution in [0.3, 0.4) is 0 Å². The van der Waals surface area contributed by atoms with Gasteiger partial charge in [0.15, 0.2) is 6.10 Å². The van der Waals surface area contributed by atoms with Crippen LogP contribution >= 0.6 is 22.6 Å². The number of hydrogen-bond acceptors (Lipinski definition) is 3. The number of ether oxygens (including phenoxy) is 1. The molecule has 0 bridgehead atoms. The second-order valence-corrected chi connectivity index (χ2v) is 5.80. The zero-order valence-electron chi connectivity index (χ0n) is 11.7. The third kappa shape index (κ3) is 4.52. The molecule has 0 saturated heterocycles. The second-order valence-electron chi connectivity index (χ2n) is 4.56. The minimum absolute atomic E-state index is 0.308. The zero-order chi connectivity index (χ0) is 16.1. The highest BCUT2D eigenvalue weighted by atomic mass is 127. The van der Waals surface area contributed by atoms with E-state index in [9.17, 15) is 14.0 Å². The van der Waals surface area contributed by atoms with Crippen LogP contribution in [0.15, 0.2) is 48.5 Å². The molecule has 0 spiro atoms. The van der Waals surface area contributed by atoms with Gasteiger partial charge in [0.2, 0.25) is 0 Å². The SMILES string of the molecule is CC(OC(=O)c1cccc(I)c1)C(=O)Nc1cccc(F)c1. The van der Waals surface area contributed by atoms with Gasteiger partial charge in [0, 0.05) is 9.26 Å². The Morgan fingerprint density at radius 1 is 1.18 bits per heavy atom. The van der Waals surface area contributed by atoms with Crippen molar-refractivity contribution in [1.82, 2.24) is 0 Å². The standard InChI is InChI=1S/C16H13FINO3/c1-10(15(20)19-14-7-3-5-12(17)9-14)22-16(21)11-4-2-6-13(18)8-11/h2-10H,1H3,(H,19,20). The van der Waals surface area contributed by atoms with E-state index in [1.54, 1.807) is 24.3 Å². The quantitative estimate of drug-likeness (QED) is 0.616. The van der Waals surface area contributed by atoms with Crippen molar-refractivity contribution in [2.24, 2.45) is 0 Å². The summed E-state index contributed by atoms with van der Waals surface area (Å²) in [4.78, 5) is 23.9. The second kappa shape index (κ2) is 7.35. The van der Waals surface area contributed by atoms with E-state index in [4.69, 9.17) is 4.74 Å². The van der Waals surface area contributed by atoms with Crippen LogP contribution < -0.4 is 5.32 Å². The average molecular weight is 413 g/mol. The van der Waals surface area contributed by atoms with E-state index in [-0.39, 0.29) is 0 Å². The first kappa shape index (κ1) is 16.4. The molecule has 4 nitrogen and oxygen atoms in total. The van der Waals surface area contributed by atoms with Crippen LogP contribution in [0.2, 0.25) is 0 Å². The van der Waals surface area contributed by atoms with Crippen LogP contribution in [0.5, 0.6) is 0 Å². The van der Waals surface area contributed by atoms with E-state index < -0.39 is 23.8 Å². The lowest BCUT2D eigenvalue weighted by atomic mass is 10.2. The number of carbonyl (C=O) groups excluding carboxylic acids is 2. The number of hydrogen-bond donors (Lipinski definition) is 1. The number of carbonyl (C=O) groups is 2. The maximum absolute atomic E-state index is 13.1. The number of amides is 1. The lowest BCUT2D eigenvalue weighted by Crippen LogP contribution is -2.30. The van der Waals surface area contributed by atoms with Crippen molar-refractivity contribution in [1.29, 1.82) is 0 Å². The molecule has 0 aromatic heterocycles. The zero-order valence-corrected chi connectivity index (χ0v) is 13.8. The summed E-state index contributed by atoms with van der Waals surface area (Å²) in [7, 11) is 0. The molecule has 114 valence electrons. The Hall–Kier alpha value is -1.96. The van der Waals surface area contributed by atoms with Gasteiger partial charge < -0.3 is 10.1 Å². The molecule has 0 aliphatic heterocycles. The summed E-state index contributed by atoms with van der Waals surface area (Å²) in [5, 5.41) is 2.49. The van der Waals surface area contributed by atoms with E-state index in [2.05, 4.69) is 27.9 Å². The maximum Gasteiger partial charge on any atom is 0.338 e. The Morgan fingerprint density at radius 2 is 1.91 bits per heavy atom. The first-order valence-electron chi connectivity index (χ1n) is 6.48. The molecule has 6 heteroatoms. The summed E-state index contributed by atoms with van der Waals surface area (Å²) >= 11 is 2.08. The molecular weight excluding hydrogens is 400 g/mol. The Labute approximate surface area is 140 Å². The van der Waals surface area contributed by atoms with Crippen LogP contribution in [0.4, 0.5) is 10.1 Å². The maximum atomic E-state index is 13.1. The Morgan fingerprint density at radius 3 is 2.59 bits per heavy atom. The molecule has 0 saturated carbocycles. The highest BCUT2D eigenvalue weighted by molar-refractivity contribution is 14.1. The van der Waals surface area contributed by atoms with Crippen molar-refractivity contribution in [2.45, 2.75) is 13.0 Å². The van der Waals surface area contributed by atoms with E-state index in [1.165, 1.54) is 25.1 Å². The molecule has 2 aromatic rings. The summed E-state index contributed by atoms with van der Waals surface area (Å²) in [6, 6.07) is 12.3. The number of anilines is 1. The highest BCUT2D eigenvalue weighted by Crippen LogP contribution is 2.12. The Kier molecular flexibility index (Phi) is 5.48. The van der Waals surface area contributed by atoms with E-state index >= 15 is 0 Å². The van der Waals surface area contributed by atoms with Crippen molar-refractivity contribution in [2.75, 3.05) is 5.32 Å². The van der Waals surface area contributed by atoms with Gasteiger partial charge in [-0.3, -0.25) is 4.79 Å². The molecule has 1 N–H and O–H groups in total. The number of nitrogens with one attached hydrogen (secondary N) is 1. The molecule has 0 radical (unpaired) electrons. The smallest absolute Gasteiger partial charge is 0.338 e.